The van der Waals surface area contributed by atoms with Crippen molar-refractivity contribution < 1.29 is 138 Å². The molecule has 39 heteroatoms. The molecule has 0 aliphatic heterocycles. The van der Waals surface area contributed by atoms with Gasteiger partial charge in [-0.25, -0.2) is 9.59 Å². The quantitative estimate of drug-likeness (QED) is 0.0137. The molecule has 0 aromatic heterocycles. The van der Waals surface area contributed by atoms with Gasteiger partial charge in [-0.1, -0.05) is 303 Å². The first-order valence-electron chi connectivity index (χ1n) is 47.5. The van der Waals surface area contributed by atoms with Crippen LogP contribution in [0.3, 0.4) is 0 Å². The van der Waals surface area contributed by atoms with E-state index in [-0.39, 0.29) is 52.9 Å². The normalized spacial score (nSPS) is 12.3. The Balaban J connectivity index is 0.894. The van der Waals surface area contributed by atoms with Crippen LogP contribution in [-0.2, 0) is 205 Å². The molecule has 0 radical (unpaired) electrons. The Bertz CT molecular complexity index is 5740. The first-order valence-corrected chi connectivity index (χ1v) is 47.5. The second kappa shape index (κ2) is 61.9. The molecule has 0 saturated carbocycles. The van der Waals surface area contributed by atoms with Crippen molar-refractivity contribution in [3.05, 3.63) is 359 Å². The fourth-order valence-corrected chi connectivity index (χ4v) is 14.1. The molecular formula is C110H114N10O29. The van der Waals surface area contributed by atoms with Crippen LogP contribution in [-0.4, -0.2) is 186 Å². The molecule has 0 aliphatic rings. The number of carbonyl (C=O) groups excluding carboxylic acids is 19. The van der Waals surface area contributed by atoms with Crippen LogP contribution < -0.4 is 48.3 Å². The fourth-order valence-electron chi connectivity index (χ4n) is 14.1. The van der Waals surface area contributed by atoms with Gasteiger partial charge in [0.15, 0.2) is 0 Å². The lowest BCUT2D eigenvalue weighted by molar-refractivity contribution is -0.155. The number of benzene rings is 10. The monoisotopic (exact) mass is 2040 g/mol. The van der Waals surface area contributed by atoms with Crippen LogP contribution in [0.25, 0.3) is 0 Å². The van der Waals surface area contributed by atoms with Gasteiger partial charge in [0.1, 0.15) is 114 Å². The maximum absolute atomic E-state index is 15.2. The van der Waals surface area contributed by atoms with Crippen molar-refractivity contribution >= 4 is 113 Å². The molecule has 10 aromatic rings. The second-order valence-corrected chi connectivity index (χ2v) is 33.7. The van der Waals surface area contributed by atoms with E-state index in [1.165, 1.54) is 0 Å². The number of nitrogens with two attached hydrogens (primary N) is 1. The van der Waals surface area contributed by atoms with E-state index in [9.17, 15) is 71.9 Å². The van der Waals surface area contributed by atoms with E-state index in [1.807, 2.05) is 0 Å². The molecular weight excluding hydrogens is 1930 g/mol. The van der Waals surface area contributed by atoms with E-state index in [1.54, 1.807) is 303 Å². The van der Waals surface area contributed by atoms with Gasteiger partial charge < -0.3 is 101 Å². The lowest BCUT2D eigenvalue weighted by Gasteiger charge is -2.26. The Labute approximate surface area is 857 Å². The van der Waals surface area contributed by atoms with Crippen LogP contribution in [0.5, 0.6) is 0 Å². The highest BCUT2D eigenvalue weighted by Gasteiger charge is 2.40. The highest BCUT2D eigenvalue weighted by Crippen LogP contribution is 2.19. The van der Waals surface area contributed by atoms with E-state index in [4.69, 9.17) is 53.1 Å². The smallest absolute Gasteiger partial charge is 0.329 e. The Kier molecular flexibility index (Phi) is 47.0. The van der Waals surface area contributed by atoms with E-state index in [0.717, 1.165) is 4.90 Å². The van der Waals surface area contributed by atoms with Crippen LogP contribution in [0.15, 0.2) is 303 Å². The van der Waals surface area contributed by atoms with Crippen LogP contribution in [0.2, 0.25) is 0 Å². The zero-order chi connectivity index (χ0) is 106. The maximum atomic E-state index is 15.2. The predicted octanol–water partition coefficient (Wildman–Crippen LogP) is 6.99. The SMILES string of the molecule is NCC(=O)N(CCC(=O)NC(CC(=O)OCc1ccccc1)C(=O)NC(CC(=O)OCc1ccccc1)C(=O)NC(CC(=O)OCc1ccccc1)C(=O)NC(CC(=O)OCc1ccccc1)C(=O)OCc1ccccc1)CCC(=O)NC(CC(=O)OCc1ccccc1)C(=O)NC(CC(=O)OCc1ccccc1)C(=O)NC(CC(=O)OCc1ccccc1)C(=O)NC(CC(=O)OCc1ccccc1)C(=O)OCc1ccccc1. The van der Waals surface area contributed by atoms with Gasteiger partial charge in [-0.15, -0.1) is 0 Å². The van der Waals surface area contributed by atoms with Crippen LogP contribution in [0, 0.1) is 0 Å². The number of nitrogens with one attached hydrogen (secondary N) is 8. The number of nitrogens with zero attached hydrogens (tertiary/aromatic N) is 1. The zero-order valence-electron chi connectivity index (χ0n) is 81.1. The summed E-state index contributed by atoms with van der Waals surface area (Å²) in [5.74, 6) is -22.7. The van der Waals surface area contributed by atoms with Gasteiger partial charge in [0.05, 0.1) is 57.9 Å². The summed E-state index contributed by atoms with van der Waals surface area (Å²) in [7, 11) is 0. The van der Waals surface area contributed by atoms with Crippen molar-refractivity contribution in [1.82, 2.24) is 47.4 Å². The van der Waals surface area contributed by atoms with Gasteiger partial charge in [-0.05, 0) is 55.6 Å². The fraction of sp³-hybridized carbons (Fsp3) is 0.282. The Morgan fingerprint density at radius 2 is 0.336 bits per heavy atom. The van der Waals surface area contributed by atoms with Crippen molar-refractivity contribution in [3.8, 4) is 0 Å². The van der Waals surface area contributed by atoms with E-state index >= 15 is 19.2 Å². The van der Waals surface area contributed by atoms with Gasteiger partial charge in [0, 0.05) is 25.9 Å². The average Bonchev–Trinajstić information content (AvgIpc) is 0.848. The molecule has 8 atom stereocenters. The zero-order valence-corrected chi connectivity index (χ0v) is 81.1. The number of ether oxygens (including phenoxy) is 10. The van der Waals surface area contributed by atoms with Crippen LogP contribution in [0.1, 0.15) is 120 Å². The van der Waals surface area contributed by atoms with Crippen molar-refractivity contribution in [2.75, 3.05) is 19.6 Å². The number of carbonyl (C=O) groups is 19. The summed E-state index contributed by atoms with van der Waals surface area (Å²) in [6.45, 7) is -5.61. The van der Waals surface area contributed by atoms with Crippen molar-refractivity contribution in [1.29, 1.82) is 0 Å². The standard InChI is InChI=1S/C110H114N10O29/c111-63-94(123)120(53-51-92(121)112-84(55-95(124)140-64-74-31-11-1-12-32-74)103(132)114-86(57-97(126)142-66-76-35-15-3-16-36-76)105(134)116-88(59-99(128)144-68-78-39-19-5-20-40-78)107(136)118-90(109(138)148-72-82-47-27-9-28-48-82)61-101(130)146-70-80-43-23-7-24-44-80)54-52-93(122)113-85(56-96(125)141-65-75-33-13-2-14-34-75)104(133)115-87(58-98(127)143-67-77-37-17-4-18-38-77)106(135)117-89(60-100(129)145-69-79-41-21-6-22-42-79)108(137)119-91(110(139)149-73-83-49-29-10-30-50-83)62-102(131)147-71-81-45-25-8-26-46-81/h1-50,84-91H,51-73,111H2,(H,112,121)(H,113,122)(H,114,132)(H,115,133)(H,116,134)(H,117,135)(H,118,136)(H,119,137). The molecule has 8 unspecified atom stereocenters. The first kappa shape index (κ1) is 113. The molecule has 10 rings (SSSR count). The van der Waals surface area contributed by atoms with Gasteiger partial charge in [-0.2, -0.15) is 0 Å². The van der Waals surface area contributed by atoms with Crippen LogP contribution in [0.4, 0.5) is 0 Å². The summed E-state index contributed by atoms with van der Waals surface area (Å²) in [6, 6.07) is 66.2. The summed E-state index contributed by atoms with van der Waals surface area (Å²) in [5.41, 5.74) is 10.9. The third-order valence-electron chi connectivity index (χ3n) is 22.1. The third-order valence-corrected chi connectivity index (χ3v) is 22.1. The Morgan fingerprint density at radius 3 is 0.497 bits per heavy atom. The van der Waals surface area contributed by atoms with Crippen LogP contribution >= 0.6 is 0 Å². The molecule has 9 amide bonds. The van der Waals surface area contributed by atoms with Gasteiger partial charge >= 0.3 is 59.7 Å². The van der Waals surface area contributed by atoms with Crippen molar-refractivity contribution in [3.63, 3.8) is 0 Å². The summed E-state index contributed by atoms with van der Waals surface area (Å²) in [5, 5.41) is 18.9. The topological polar surface area (TPSA) is 542 Å². The molecule has 0 spiro atoms. The number of rotatable bonds is 59. The van der Waals surface area contributed by atoms with E-state index < -0.39 is 258 Å². The molecule has 149 heavy (non-hydrogen) atoms. The molecule has 0 heterocycles. The summed E-state index contributed by atoms with van der Waals surface area (Å²) in [6.07, 6.45) is -9.66. The van der Waals surface area contributed by atoms with Gasteiger partial charge in [0.2, 0.25) is 53.2 Å². The Morgan fingerprint density at radius 1 is 0.195 bits per heavy atom. The molecule has 0 aliphatic carbocycles. The average molecular weight is 2040 g/mol. The minimum Gasteiger partial charge on any atom is -0.461 e. The molecule has 10 aromatic carbocycles. The van der Waals surface area contributed by atoms with Gasteiger partial charge in [0.25, 0.3) is 0 Å². The second-order valence-electron chi connectivity index (χ2n) is 33.7. The summed E-state index contributed by atoms with van der Waals surface area (Å²) < 4.78 is 55.3. The molecule has 10 N–H and O–H groups in total. The summed E-state index contributed by atoms with van der Waals surface area (Å²) >= 11 is 0. The largest absolute Gasteiger partial charge is 0.461 e. The maximum Gasteiger partial charge on any atom is 0.329 e. The van der Waals surface area contributed by atoms with Crippen molar-refractivity contribution in [2.45, 2.75) is 179 Å². The van der Waals surface area contributed by atoms with Crippen molar-refractivity contribution in [2.24, 2.45) is 5.73 Å². The lowest BCUT2D eigenvalue weighted by Crippen LogP contribution is -2.59. The highest BCUT2D eigenvalue weighted by atomic mass is 16.6. The van der Waals surface area contributed by atoms with E-state index in [2.05, 4.69) is 42.5 Å². The number of hydrogen-bond acceptors (Lipinski definition) is 30. The molecule has 39 nitrogen and oxygen atoms in total. The number of amides is 9. The molecule has 0 fully saturated rings. The molecule has 778 valence electrons. The Hall–Kier alpha value is -17.9. The number of hydrogen-bond donors (Lipinski definition) is 9. The van der Waals surface area contributed by atoms with E-state index in [0.29, 0.717) is 55.6 Å². The highest BCUT2D eigenvalue weighted by molar-refractivity contribution is 6.01. The lowest BCUT2D eigenvalue weighted by atomic mass is 10.1. The summed E-state index contributed by atoms with van der Waals surface area (Å²) in [4.78, 5) is 274. The minimum atomic E-state index is -2.18. The molecule has 0 saturated heterocycles. The molecule has 0 bridgehead atoms. The first-order chi connectivity index (χ1) is 72.1. The van der Waals surface area contributed by atoms with Gasteiger partial charge in [-0.3, -0.25) is 81.5 Å². The third kappa shape index (κ3) is 42.5. The predicted molar refractivity (Wildman–Crippen MR) is 530 cm³/mol. The minimum absolute atomic E-state index is 0.266. The number of esters is 10.